The van der Waals surface area contributed by atoms with Gasteiger partial charge in [-0.05, 0) is 6.92 Å². The van der Waals surface area contributed by atoms with Crippen LogP contribution in [0.15, 0.2) is 0 Å². The summed E-state index contributed by atoms with van der Waals surface area (Å²) in [4.78, 5) is 0. The van der Waals surface area contributed by atoms with Gasteiger partial charge < -0.3 is 0 Å². The van der Waals surface area contributed by atoms with Gasteiger partial charge in [0, 0.05) is 18.8 Å². The van der Waals surface area contributed by atoms with E-state index in [-0.39, 0.29) is 0 Å². The molecule has 0 radical (unpaired) electrons. The van der Waals surface area contributed by atoms with E-state index in [1.54, 1.807) is 5.01 Å². The molecule has 7 heavy (non-hydrogen) atoms. The van der Waals surface area contributed by atoms with Crippen molar-refractivity contribution in [3.05, 3.63) is 0 Å². The van der Waals surface area contributed by atoms with E-state index in [0.29, 0.717) is 6.04 Å². The second kappa shape index (κ2) is 3.29. The van der Waals surface area contributed by atoms with Crippen LogP contribution in [0.2, 0.25) is 0 Å². The van der Waals surface area contributed by atoms with E-state index >= 15 is 0 Å². The van der Waals surface area contributed by atoms with E-state index in [1.165, 1.54) is 0 Å². The van der Waals surface area contributed by atoms with E-state index < -0.39 is 0 Å². The summed E-state index contributed by atoms with van der Waals surface area (Å²) < 4.78 is 0. The molecule has 0 heterocycles. The molecule has 0 aliphatic heterocycles. The molecule has 0 aliphatic carbocycles. The van der Waals surface area contributed by atoms with Crippen LogP contribution in [0.3, 0.4) is 0 Å². The maximum atomic E-state index is 5.33. The quantitative estimate of drug-likeness (QED) is 0.308. The molecule has 3 heteroatoms. The van der Waals surface area contributed by atoms with Crippen LogP contribution >= 0.6 is 12.6 Å². The molecule has 0 saturated heterocycles. The van der Waals surface area contributed by atoms with Crippen molar-refractivity contribution in [2.45, 2.75) is 13.0 Å². The molecule has 0 amide bonds. The number of hydrogen-bond donors (Lipinski definition) is 2. The molecule has 1 atom stereocenters. The van der Waals surface area contributed by atoms with Crippen molar-refractivity contribution in [1.29, 1.82) is 0 Å². The summed E-state index contributed by atoms with van der Waals surface area (Å²) in [5, 5.41) is 1.65. The third kappa shape index (κ3) is 2.91. The van der Waals surface area contributed by atoms with E-state index in [9.17, 15) is 0 Å². The first-order chi connectivity index (χ1) is 3.18. The molecule has 0 aromatic rings. The van der Waals surface area contributed by atoms with Crippen LogP contribution in [-0.2, 0) is 0 Å². The fourth-order valence-corrected chi connectivity index (χ4v) is 0.386. The average Bonchev–Trinajstić information content (AvgIpc) is 1.65. The van der Waals surface area contributed by atoms with Crippen molar-refractivity contribution in [2.24, 2.45) is 5.84 Å². The summed E-state index contributed by atoms with van der Waals surface area (Å²) in [6.45, 7) is 2.02. The molecule has 0 aromatic carbocycles. The highest BCUT2D eigenvalue weighted by atomic mass is 32.1. The minimum absolute atomic E-state index is 0.378. The smallest absolute Gasteiger partial charge is 0.0297 e. The maximum Gasteiger partial charge on any atom is 0.0297 e. The molecule has 0 aliphatic rings. The second-order valence-electron chi connectivity index (χ2n) is 1.70. The predicted octanol–water partition coefficient (Wildman–Crippen LogP) is 0.110. The standard InChI is InChI=1S/C4H12N2S/c1-4(3-7)6(2)5/h4,7H,3,5H2,1-2H3. The zero-order valence-corrected chi connectivity index (χ0v) is 5.65. The second-order valence-corrected chi connectivity index (χ2v) is 2.06. The molecule has 0 saturated carbocycles. The van der Waals surface area contributed by atoms with Crippen molar-refractivity contribution in [2.75, 3.05) is 12.8 Å². The van der Waals surface area contributed by atoms with Crippen LogP contribution in [0.25, 0.3) is 0 Å². The molecule has 44 valence electrons. The summed E-state index contributed by atoms with van der Waals surface area (Å²) in [5.41, 5.74) is 0. The number of nitrogens with two attached hydrogens (primary N) is 1. The summed E-state index contributed by atoms with van der Waals surface area (Å²) in [7, 11) is 1.83. The zero-order chi connectivity index (χ0) is 5.86. The van der Waals surface area contributed by atoms with Crippen molar-refractivity contribution in [3.63, 3.8) is 0 Å². The van der Waals surface area contributed by atoms with Gasteiger partial charge in [0.05, 0.1) is 0 Å². The predicted molar refractivity (Wildman–Crippen MR) is 35.3 cm³/mol. The highest BCUT2D eigenvalue weighted by Crippen LogP contribution is 1.88. The number of hydrogen-bond acceptors (Lipinski definition) is 3. The number of nitrogens with zero attached hydrogens (tertiary/aromatic N) is 1. The Morgan fingerprint density at radius 2 is 2.29 bits per heavy atom. The average molecular weight is 120 g/mol. The molecule has 0 rings (SSSR count). The Morgan fingerprint density at radius 1 is 1.86 bits per heavy atom. The summed E-state index contributed by atoms with van der Waals surface area (Å²) in [5.74, 6) is 6.14. The van der Waals surface area contributed by atoms with Crippen molar-refractivity contribution < 1.29 is 0 Å². The molecular weight excluding hydrogens is 108 g/mol. The van der Waals surface area contributed by atoms with Gasteiger partial charge in [-0.3, -0.25) is 5.84 Å². The molecule has 0 spiro atoms. The lowest BCUT2D eigenvalue weighted by atomic mass is 10.4. The van der Waals surface area contributed by atoms with E-state index in [2.05, 4.69) is 12.6 Å². The first-order valence-electron chi connectivity index (χ1n) is 2.27. The Balaban J connectivity index is 3.14. The molecule has 2 nitrogen and oxygen atoms in total. The Kier molecular flexibility index (Phi) is 3.42. The van der Waals surface area contributed by atoms with Gasteiger partial charge in [-0.25, -0.2) is 5.01 Å². The summed E-state index contributed by atoms with van der Waals surface area (Å²) >= 11 is 4.03. The third-order valence-electron chi connectivity index (χ3n) is 0.959. The lowest BCUT2D eigenvalue weighted by Crippen LogP contribution is -2.36. The molecular formula is C4H12N2S. The summed E-state index contributed by atoms with van der Waals surface area (Å²) in [6, 6.07) is 0.378. The van der Waals surface area contributed by atoms with Gasteiger partial charge in [-0.15, -0.1) is 0 Å². The van der Waals surface area contributed by atoms with Crippen LogP contribution in [0.4, 0.5) is 0 Å². The molecule has 2 N–H and O–H groups in total. The van der Waals surface area contributed by atoms with E-state index in [0.717, 1.165) is 5.75 Å². The molecule has 0 aromatic heterocycles. The molecule has 1 unspecified atom stereocenters. The Morgan fingerprint density at radius 3 is 2.29 bits per heavy atom. The van der Waals surface area contributed by atoms with Crippen LogP contribution in [-0.4, -0.2) is 23.9 Å². The normalized spacial score (nSPS) is 15.0. The van der Waals surface area contributed by atoms with Crippen molar-refractivity contribution in [1.82, 2.24) is 5.01 Å². The Bertz CT molecular complexity index is 47.0. The Hall–Kier alpha value is 0.270. The lowest BCUT2D eigenvalue weighted by Gasteiger charge is -2.15. The van der Waals surface area contributed by atoms with Gasteiger partial charge in [-0.1, -0.05) is 0 Å². The van der Waals surface area contributed by atoms with Gasteiger partial charge in [0.25, 0.3) is 0 Å². The minimum atomic E-state index is 0.378. The van der Waals surface area contributed by atoms with Crippen LogP contribution in [0, 0.1) is 0 Å². The van der Waals surface area contributed by atoms with Gasteiger partial charge in [-0.2, -0.15) is 12.6 Å². The van der Waals surface area contributed by atoms with Crippen LogP contribution < -0.4 is 5.84 Å². The molecule has 0 fully saturated rings. The minimum Gasteiger partial charge on any atom is -0.269 e. The van der Waals surface area contributed by atoms with Crippen molar-refractivity contribution >= 4 is 12.6 Å². The van der Waals surface area contributed by atoms with Crippen LogP contribution in [0.5, 0.6) is 0 Å². The fraction of sp³-hybridized carbons (Fsp3) is 1.00. The van der Waals surface area contributed by atoms with Gasteiger partial charge >= 0.3 is 0 Å². The number of thiol groups is 1. The van der Waals surface area contributed by atoms with Gasteiger partial charge in [0.15, 0.2) is 0 Å². The highest BCUT2D eigenvalue weighted by molar-refractivity contribution is 7.80. The van der Waals surface area contributed by atoms with Gasteiger partial charge in [0.1, 0.15) is 0 Å². The largest absolute Gasteiger partial charge is 0.269 e. The maximum absolute atomic E-state index is 5.33. The summed E-state index contributed by atoms with van der Waals surface area (Å²) in [6.07, 6.45) is 0. The number of rotatable bonds is 2. The first kappa shape index (κ1) is 7.27. The number of hydrazine groups is 1. The van der Waals surface area contributed by atoms with Crippen molar-refractivity contribution in [3.8, 4) is 0 Å². The zero-order valence-electron chi connectivity index (χ0n) is 4.76. The molecule has 0 bridgehead atoms. The monoisotopic (exact) mass is 120 g/mol. The first-order valence-corrected chi connectivity index (χ1v) is 2.90. The third-order valence-corrected chi connectivity index (χ3v) is 1.49. The highest BCUT2D eigenvalue weighted by Gasteiger charge is 1.98. The topological polar surface area (TPSA) is 29.3 Å². The van der Waals surface area contributed by atoms with E-state index in [1.807, 2.05) is 14.0 Å². The lowest BCUT2D eigenvalue weighted by molar-refractivity contribution is 0.288. The SMILES string of the molecule is CC(CS)N(C)N. The van der Waals surface area contributed by atoms with E-state index in [4.69, 9.17) is 5.84 Å². The fourth-order valence-electron chi connectivity index (χ4n) is 0.129. The van der Waals surface area contributed by atoms with Crippen LogP contribution in [0.1, 0.15) is 6.92 Å². The van der Waals surface area contributed by atoms with Gasteiger partial charge in [0.2, 0.25) is 0 Å². The Labute approximate surface area is 50.1 Å².